The summed E-state index contributed by atoms with van der Waals surface area (Å²) in [5.74, 6) is -1.07. The molecule has 2 aromatic heterocycles. The highest BCUT2D eigenvalue weighted by atomic mass is 35.5. The molecule has 0 aliphatic carbocycles. The Hall–Kier alpha value is -4.34. The van der Waals surface area contributed by atoms with Crippen molar-refractivity contribution in [3.63, 3.8) is 0 Å². The molecule has 5 aromatic rings. The van der Waals surface area contributed by atoms with Gasteiger partial charge in [0.15, 0.2) is 0 Å². The Bertz CT molecular complexity index is 1750. The van der Waals surface area contributed by atoms with Crippen molar-refractivity contribution in [2.24, 2.45) is 0 Å². The van der Waals surface area contributed by atoms with Crippen molar-refractivity contribution in [3.8, 4) is 17.1 Å². The molecule has 0 radical (unpaired) electrons. The molecule has 1 N–H and O–H groups in total. The van der Waals surface area contributed by atoms with Crippen LogP contribution < -0.4 is 4.74 Å². The Labute approximate surface area is 239 Å². The van der Waals surface area contributed by atoms with E-state index in [1.807, 2.05) is 4.57 Å². The molecule has 0 saturated carbocycles. The van der Waals surface area contributed by atoms with E-state index in [0.29, 0.717) is 47.7 Å². The summed E-state index contributed by atoms with van der Waals surface area (Å²) >= 11 is 6.08. The van der Waals surface area contributed by atoms with Crippen LogP contribution in [0.15, 0.2) is 72.8 Å². The topological polar surface area (TPSA) is 86.5 Å². The van der Waals surface area contributed by atoms with E-state index in [2.05, 4.69) is 4.98 Å². The van der Waals surface area contributed by atoms with Crippen molar-refractivity contribution < 1.29 is 28.2 Å². The first-order chi connectivity index (χ1) is 19.9. The van der Waals surface area contributed by atoms with Crippen LogP contribution in [0.25, 0.3) is 22.3 Å². The average Bonchev–Trinajstić information content (AvgIpc) is 3.26. The molecule has 10 heteroatoms. The van der Waals surface area contributed by atoms with E-state index in [4.69, 9.17) is 26.1 Å². The first-order valence-corrected chi connectivity index (χ1v) is 13.4. The lowest BCUT2D eigenvalue weighted by Gasteiger charge is -2.27. The number of fused-ring (bicyclic) bond motifs is 1. The molecule has 3 heterocycles. The van der Waals surface area contributed by atoms with Crippen molar-refractivity contribution in [1.29, 1.82) is 0 Å². The van der Waals surface area contributed by atoms with Crippen molar-refractivity contribution in [2.75, 3.05) is 6.61 Å². The third-order valence-corrected chi connectivity index (χ3v) is 7.43. The number of benzene rings is 3. The van der Waals surface area contributed by atoms with Crippen LogP contribution in [0.3, 0.4) is 0 Å². The van der Waals surface area contributed by atoms with Gasteiger partial charge in [-0.1, -0.05) is 29.8 Å². The molecule has 7 nitrogen and oxygen atoms in total. The number of rotatable bonds is 9. The second-order valence-corrected chi connectivity index (χ2v) is 10.2. The zero-order valence-electron chi connectivity index (χ0n) is 21.7. The number of aromatic nitrogens is 3. The standard InChI is InChI=1S/C31H24ClF2N3O4/c32-23-3-1-4-24(33)22(23)17-41-30-6-2-5-26(36-30)21-9-7-18(13-25(21)34)14-29-35-27-10-8-19(31(38)39)15-28(27)37(29)16-20-11-12-40-20/h1-10,13,15,20H,11-12,14,16-17H2,(H,38,39)/t20-/m0/s1. The SMILES string of the molecule is O=C(O)c1ccc2nc(Cc3ccc(-c4cccc(OCc5c(F)cccc5Cl)n4)c(F)c3)n(C[C@@H]3CCO3)c2c1. The normalized spacial score (nSPS) is 14.7. The molecule has 6 rings (SSSR count). The fourth-order valence-electron chi connectivity index (χ4n) is 4.80. The van der Waals surface area contributed by atoms with Gasteiger partial charge in [0.05, 0.1) is 40.0 Å². The van der Waals surface area contributed by atoms with Crippen molar-refractivity contribution in [3.05, 3.63) is 112 Å². The maximum atomic E-state index is 15.4. The summed E-state index contributed by atoms with van der Waals surface area (Å²) < 4.78 is 42.7. The monoisotopic (exact) mass is 575 g/mol. The third-order valence-electron chi connectivity index (χ3n) is 7.08. The van der Waals surface area contributed by atoms with Gasteiger partial charge in [0.25, 0.3) is 0 Å². The van der Waals surface area contributed by atoms with E-state index >= 15 is 4.39 Å². The Kier molecular flexibility index (Phi) is 7.38. The zero-order valence-corrected chi connectivity index (χ0v) is 22.4. The summed E-state index contributed by atoms with van der Waals surface area (Å²) in [4.78, 5) is 20.7. The molecule has 208 valence electrons. The van der Waals surface area contributed by atoms with Crippen LogP contribution >= 0.6 is 11.6 Å². The number of carboxylic acid groups (broad SMARTS) is 1. The van der Waals surface area contributed by atoms with Crippen LogP contribution in [0.2, 0.25) is 5.02 Å². The van der Waals surface area contributed by atoms with Crippen LogP contribution in [0.1, 0.15) is 33.7 Å². The van der Waals surface area contributed by atoms with E-state index in [-0.39, 0.29) is 40.3 Å². The van der Waals surface area contributed by atoms with Gasteiger partial charge in [-0.05, 0) is 60.5 Å². The molecule has 1 aliphatic heterocycles. The summed E-state index contributed by atoms with van der Waals surface area (Å²) in [5, 5.41) is 9.71. The third kappa shape index (κ3) is 5.64. The Morgan fingerprint density at radius 3 is 2.61 bits per heavy atom. The fraction of sp³-hybridized carbons (Fsp3) is 0.194. The highest BCUT2D eigenvalue weighted by molar-refractivity contribution is 6.31. The Morgan fingerprint density at radius 1 is 1.05 bits per heavy atom. The largest absolute Gasteiger partial charge is 0.478 e. The first kappa shape index (κ1) is 26.9. The number of hydrogen-bond donors (Lipinski definition) is 1. The highest BCUT2D eigenvalue weighted by Gasteiger charge is 2.23. The number of carboxylic acids is 1. The van der Waals surface area contributed by atoms with Gasteiger partial charge in [0.2, 0.25) is 5.88 Å². The second-order valence-electron chi connectivity index (χ2n) is 9.77. The molecule has 1 atom stereocenters. The predicted octanol–water partition coefficient (Wildman–Crippen LogP) is 6.69. The lowest BCUT2D eigenvalue weighted by molar-refractivity contribution is -0.0589. The number of hydrogen-bond acceptors (Lipinski definition) is 5. The molecule has 41 heavy (non-hydrogen) atoms. The highest BCUT2D eigenvalue weighted by Crippen LogP contribution is 2.28. The van der Waals surface area contributed by atoms with E-state index in [0.717, 1.165) is 6.42 Å². The van der Waals surface area contributed by atoms with Gasteiger partial charge in [-0.15, -0.1) is 0 Å². The molecular formula is C31H24ClF2N3O4. The van der Waals surface area contributed by atoms with Crippen molar-refractivity contribution in [1.82, 2.24) is 14.5 Å². The van der Waals surface area contributed by atoms with Gasteiger partial charge in [0, 0.05) is 30.2 Å². The van der Waals surface area contributed by atoms with Gasteiger partial charge >= 0.3 is 5.97 Å². The number of aromatic carboxylic acids is 1. The first-order valence-electron chi connectivity index (χ1n) is 13.0. The number of halogens is 3. The molecule has 0 spiro atoms. The summed E-state index contributed by atoms with van der Waals surface area (Å²) in [6.07, 6.45) is 1.26. The van der Waals surface area contributed by atoms with Gasteiger partial charge in [-0.3, -0.25) is 0 Å². The molecule has 0 bridgehead atoms. The van der Waals surface area contributed by atoms with Crippen LogP contribution in [0, 0.1) is 11.6 Å². The minimum atomic E-state index is -1.02. The average molecular weight is 576 g/mol. The van der Waals surface area contributed by atoms with E-state index in [1.54, 1.807) is 48.5 Å². The van der Waals surface area contributed by atoms with E-state index in [1.165, 1.54) is 24.3 Å². The van der Waals surface area contributed by atoms with Crippen LogP contribution in [-0.4, -0.2) is 38.3 Å². The molecule has 1 fully saturated rings. The number of pyridine rings is 1. The summed E-state index contributed by atoms with van der Waals surface area (Å²) in [6.45, 7) is 1.10. The van der Waals surface area contributed by atoms with Gasteiger partial charge in [0.1, 0.15) is 24.1 Å². The number of carbonyl (C=O) groups is 1. The minimum Gasteiger partial charge on any atom is -0.478 e. The molecule has 1 aliphatic rings. The second kappa shape index (κ2) is 11.3. The smallest absolute Gasteiger partial charge is 0.335 e. The zero-order chi connectivity index (χ0) is 28.5. The lowest BCUT2D eigenvalue weighted by atomic mass is 10.1. The lowest BCUT2D eigenvalue weighted by Crippen LogP contribution is -2.31. The predicted molar refractivity (Wildman–Crippen MR) is 149 cm³/mol. The van der Waals surface area contributed by atoms with E-state index in [9.17, 15) is 14.3 Å². The van der Waals surface area contributed by atoms with Crippen molar-refractivity contribution >= 4 is 28.6 Å². The Morgan fingerprint density at radius 2 is 1.88 bits per heavy atom. The summed E-state index contributed by atoms with van der Waals surface area (Å²) in [7, 11) is 0. The fourth-order valence-corrected chi connectivity index (χ4v) is 5.01. The van der Waals surface area contributed by atoms with Crippen LogP contribution in [-0.2, 0) is 24.3 Å². The quantitative estimate of drug-likeness (QED) is 0.211. The molecule has 0 amide bonds. The maximum absolute atomic E-state index is 15.4. The Balaban J connectivity index is 1.24. The molecule has 0 unspecified atom stereocenters. The van der Waals surface area contributed by atoms with Crippen LogP contribution in [0.5, 0.6) is 5.88 Å². The van der Waals surface area contributed by atoms with E-state index < -0.39 is 17.6 Å². The number of ether oxygens (including phenoxy) is 2. The number of nitrogens with zero attached hydrogens (tertiary/aromatic N) is 3. The molecule has 3 aromatic carbocycles. The maximum Gasteiger partial charge on any atom is 0.335 e. The molecule has 1 saturated heterocycles. The summed E-state index contributed by atoms with van der Waals surface area (Å²) in [5.41, 5.74) is 3.09. The minimum absolute atomic E-state index is 0.0220. The van der Waals surface area contributed by atoms with Gasteiger partial charge < -0.3 is 19.1 Å². The van der Waals surface area contributed by atoms with Crippen LogP contribution in [0.4, 0.5) is 8.78 Å². The van der Waals surface area contributed by atoms with Gasteiger partial charge in [-0.2, -0.15) is 0 Å². The molecular weight excluding hydrogens is 552 g/mol. The van der Waals surface area contributed by atoms with Crippen molar-refractivity contribution in [2.45, 2.75) is 32.1 Å². The van der Waals surface area contributed by atoms with Gasteiger partial charge in [-0.25, -0.2) is 23.5 Å². The summed E-state index contributed by atoms with van der Waals surface area (Å²) in [6, 6.07) is 19.1. The number of imidazole rings is 1.